The van der Waals surface area contributed by atoms with Gasteiger partial charge in [-0.25, -0.2) is 5.06 Å². The van der Waals surface area contributed by atoms with Crippen LogP contribution in [0.1, 0.15) is 40.5 Å². The molecule has 0 fully saturated rings. The van der Waals surface area contributed by atoms with Gasteiger partial charge < -0.3 is 0 Å². The number of hydrogen-bond donors (Lipinski definition) is 0. The van der Waals surface area contributed by atoms with Gasteiger partial charge in [-0.05, 0) is 32.8 Å². The Kier molecular flexibility index (Phi) is 4.42. The highest BCUT2D eigenvalue weighted by Gasteiger charge is 2.22. The molecule has 82 valence electrons. The monoisotopic (exact) mass is 198 g/mol. The van der Waals surface area contributed by atoms with Crippen molar-refractivity contribution in [2.75, 3.05) is 13.1 Å². The van der Waals surface area contributed by atoms with Crippen LogP contribution < -0.4 is 0 Å². The van der Waals surface area contributed by atoms with Gasteiger partial charge in [0.2, 0.25) is 0 Å². The van der Waals surface area contributed by atoms with Crippen molar-refractivity contribution in [3.63, 3.8) is 0 Å². The zero-order chi connectivity index (χ0) is 10.6. The Balaban J connectivity index is 2.60. The minimum absolute atomic E-state index is 0.392. The van der Waals surface area contributed by atoms with E-state index in [1.54, 1.807) is 0 Å². The topological polar surface area (TPSA) is 15.7 Å². The number of rotatable bonds is 4. The first kappa shape index (κ1) is 11.5. The maximum Gasteiger partial charge on any atom is 0.0549 e. The molecule has 1 heterocycles. The fourth-order valence-electron chi connectivity index (χ4n) is 1.67. The molecule has 3 nitrogen and oxygen atoms in total. The Hall–Kier alpha value is -0.540. The highest BCUT2D eigenvalue weighted by molar-refractivity contribution is 5.02. The number of allylic oxidation sites excluding steroid dienone is 1. The van der Waals surface area contributed by atoms with Crippen molar-refractivity contribution in [1.29, 1.82) is 0 Å². The van der Waals surface area contributed by atoms with Gasteiger partial charge in [0.25, 0.3) is 0 Å². The Labute approximate surface area is 87.2 Å². The van der Waals surface area contributed by atoms with Crippen LogP contribution in [-0.4, -0.2) is 29.3 Å². The molecule has 0 saturated heterocycles. The van der Waals surface area contributed by atoms with Crippen LogP contribution in [0, 0.1) is 0 Å². The molecule has 1 unspecified atom stereocenters. The maximum absolute atomic E-state index is 5.79. The fraction of sp³-hybridized carbons (Fsp3) is 0.818. The van der Waals surface area contributed by atoms with E-state index in [9.17, 15) is 0 Å². The highest BCUT2D eigenvalue weighted by atomic mass is 16.8. The summed E-state index contributed by atoms with van der Waals surface area (Å²) < 4.78 is 0. The standard InChI is InChI=1S/C11H22N2O/c1-5-7-12-10(3)9-11(4)13(14-12)8-6-2/h9-10H,5-8H2,1-4H3. The first-order chi connectivity index (χ1) is 6.69. The largest absolute Gasteiger partial charge is 0.239 e. The summed E-state index contributed by atoms with van der Waals surface area (Å²) in [6.45, 7) is 10.6. The molecular formula is C11H22N2O. The molecule has 1 aliphatic heterocycles. The van der Waals surface area contributed by atoms with Gasteiger partial charge in [-0.1, -0.05) is 13.8 Å². The lowest BCUT2D eigenvalue weighted by molar-refractivity contribution is -0.328. The molecule has 0 N–H and O–H groups in total. The lowest BCUT2D eigenvalue weighted by Gasteiger charge is -2.37. The lowest BCUT2D eigenvalue weighted by atomic mass is 10.2. The van der Waals surface area contributed by atoms with Gasteiger partial charge in [-0.2, -0.15) is 10.0 Å². The van der Waals surface area contributed by atoms with Gasteiger partial charge in [0.15, 0.2) is 0 Å². The van der Waals surface area contributed by atoms with Crippen LogP contribution in [0.15, 0.2) is 11.8 Å². The van der Waals surface area contributed by atoms with E-state index in [-0.39, 0.29) is 0 Å². The van der Waals surface area contributed by atoms with Crippen molar-refractivity contribution in [1.82, 2.24) is 10.1 Å². The second kappa shape index (κ2) is 5.37. The van der Waals surface area contributed by atoms with Crippen LogP contribution in [0.3, 0.4) is 0 Å². The van der Waals surface area contributed by atoms with E-state index in [4.69, 9.17) is 4.94 Å². The molecule has 1 rings (SSSR count). The Morgan fingerprint density at radius 1 is 1.29 bits per heavy atom. The van der Waals surface area contributed by atoms with Gasteiger partial charge in [0, 0.05) is 18.8 Å². The molecule has 14 heavy (non-hydrogen) atoms. The average molecular weight is 198 g/mol. The molecule has 0 spiro atoms. The first-order valence-electron chi connectivity index (χ1n) is 5.59. The van der Waals surface area contributed by atoms with Gasteiger partial charge in [0.05, 0.1) is 6.04 Å². The molecule has 0 saturated carbocycles. The predicted octanol–water partition coefficient (Wildman–Crippen LogP) is 2.56. The highest BCUT2D eigenvalue weighted by Crippen LogP contribution is 2.18. The number of hydrogen-bond acceptors (Lipinski definition) is 3. The van der Waals surface area contributed by atoms with Gasteiger partial charge >= 0.3 is 0 Å². The fourth-order valence-corrected chi connectivity index (χ4v) is 1.67. The molecule has 0 bridgehead atoms. The Morgan fingerprint density at radius 3 is 2.50 bits per heavy atom. The average Bonchev–Trinajstić information content (AvgIpc) is 2.14. The molecule has 0 aromatic carbocycles. The van der Waals surface area contributed by atoms with Crippen LogP contribution in [0.2, 0.25) is 0 Å². The van der Waals surface area contributed by atoms with Crippen LogP contribution >= 0.6 is 0 Å². The summed E-state index contributed by atoms with van der Waals surface area (Å²) in [6, 6.07) is 0.392. The van der Waals surface area contributed by atoms with E-state index >= 15 is 0 Å². The summed E-state index contributed by atoms with van der Waals surface area (Å²) in [7, 11) is 0. The van der Waals surface area contributed by atoms with E-state index in [2.05, 4.69) is 33.8 Å². The molecule has 1 aliphatic rings. The quantitative estimate of drug-likeness (QED) is 0.690. The van der Waals surface area contributed by atoms with E-state index in [1.165, 1.54) is 5.70 Å². The molecule has 0 amide bonds. The SMILES string of the molecule is CCCN1ON(CCC)C(C)C=C1C. The Morgan fingerprint density at radius 2 is 1.93 bits per heavy atom. The second-order valence-electron chi connectivity index (χ2n) is 3.87. The zero-order valence-corrected chi connectivity index (χ0v) is 9.79. The summed E-state index contributed by atoms with van der Waals surface area (Å²) >= 11 is 0. The predicted molar refractivity (Wildman–Crippen MR) is 58.3 cm³/mol. The summed E-state index contributed by atoms with van der Waals surface area (Å²) in [6.07, 6.45) is 4.49. The summed E-state index contributed by atoms with van der Waals surface area (Å²) in [4.78, 5) is 5.79. The zero-order valence-electron chi connectivity index (χ0n) is 9.79. The van der Waals surface area contributed by atoms with Gasteiger partial charge in [-0.3, -0.25) is 0 Å². The third kappa shape index (κ3) is 2.72. The summed E-state index contributed by atoms with van der Waals surface area (Å²) in [5.41, 5.74) is 1.23. The van der Waals surface area contributed by atoms with Crippen molar-refractivity contribution in [3.8, 4) is 0 Å². The van der Waals surface area contributed by atoms with Crippen LogP contribution in [-0.2, 0) is 4.94 Å². The normalized spacial score (nSPS) is 23.9. The lowest BCUT2D eigenvalue weighted by Crippen LogP contribution is -2.44. The van der Waals surface area contributed by atoms with E-state index in [0.29, 0.717) is 6.04 Å². The Bertz CT molecular complexity index is 203. The van der Waals surface area contributed by atoms with Crippen LogP contribution in [0.25, 0.3) is 0 Å². The van der Waals surface area contributed by atoms with Gasteiger partial charge in [-0.15, -0.1) is 0 Å². The number of nitrogens with zero attached hydrogens (tertiary/aromatic N) is 2. The van der Waals surface area contributed by atoms with Crippen LogP contribution in [0.4, 0.5) is 0 Å². The molecule has 3 heteroatoms. The van der Waals surface area contributed by atoms with E-state index in [0.717, 1.165) is 25.9 Å². The van der Waals surface area contributed by atoms with Gasteiger partial charge in [0.1, 0.15) is 0 Å². The van der Waals surface area contributed by atoms with Crippen molar-refractivity contribution < 1.29 is 4.94 Å². The minimum atomic E-state index is 0.392. The van der Waals surface area contributed by atoms with Crippen molar-refractivity contribution in [3.05, 3.63) is 11.8 Å². The molecular weight excluding hydrogens is 176 g/mol. The summed E-state index contributed by atoms with van der Waals surface area (Å²) in [5.74, 6) is 0. The molecule has 1 atom stereocenters. The molecule has 0 radical (unpaired) electrons. The second-order valence-corrected chi connectivity index (χ2v) is 3.87. The van der Waals surface area contributed by atoms with E-state index in [1.807, 2.05) is 10.1 Å². The third-order valence-electron chi connectivity index (χ3n) is 2.40. The van der Waals surface area contributed by atoms with Crippen LogP contribution in [0.5, 0.6) is 0 Å². The third-order valence-corrected chi connectivity index (χ3v) is 2.40. The maximum atomic E-state index is 5.79. The smallest absolute Gasteiger partial charge is 0.0549 e. The van der Waals surface area contributed by atoms with E-state index < -0.39 is 0 Å². The van der Waals surface area contributed by atoms with Crippen molar-refractivity contribution in [2.45, 2.75) is 46.6 Å². The van der Waals surface area contributed by atoms with Crippen molar-refractivity contribution >= 4 is 0 Å². The molecule has 0 aromatic heterocycles. The van der Waals surface area contributed by atoms with Crippen molar-refractivity contribution in [2.24, 2.45) is 0 Å². The minimum Gasteiger partial charge on any atom is -0.239 e. The number of hydroxylamine groups is 4. The molecule has 0 aromatic rings. The molecule has 0 aliphatic carbocycles. The summed E-state index contributed by atoms with van der Waals surface area (Å²) in [5, 5.41) is 4.03. The first-order valence-corrected chi connectivity index (χ1v) is 5.59.